The van der Waals surface area contributed by atoms with Crippen LogP contribution in [0.2, 0.25) is 0 Å². The number of hydrogen-bond donors (Lipinski definition) is 2. The van der Waals surface area contributed by atoms with Crippen molar-refractivity contribution in [1.82, 2.24) is 9.44 Å². The van der Waals surface area contributed by atoms with Crippen molar-refractivity contribution < 1.29 is 16.8 Å². The van der Waals surface area contributed by atoms with Crippen LogP contribution in [-0.2, 0) is 20.0 Å². The Morgan fingerprint density at radius 3 is 1.25 bits per heavy atom. The zero-order valence-electron chi connectivity index (χ0n) is 10.7. The van der Waals surface area contributed by atoms with Gasteiger partial charge >= 0.3 is 0 Å². The van der Waals surface area contributed by atoms with Gasteiger partial charge in [0.1, 0.15) is 0 Å². The minimum absolute atomic E-state index is 0.0277. The van der Waals surface area contributed by atoms with Crippen LogP contribution in [0.25, 0.3) is 0 Å². The highest BCUT2D eigenvalue weighted by atomic mass is 32.2. The third kappa shape index (κ3) is 3.20. The maximum Gasteiger partial charge on any atom is 0.240 e. The predicted octanol–water partition coefficient (Wildman–Crippen LogP) is 0.568. The van der Waals surface area contributed by atoms with Crippen molar-refractivity contribution >= 4 is 20.0 Å². The van der Waals surface area contributed by atoms with E-state index in [-0.39, 0.29) is 21.9 Å². The van der Waals surface area contributed by atoms with E-state index in [0.29, 0.717) is 0 Å². The molecule has 2 saturated carbocycles. The van der Waals surface area contributed by atoms with Crippen molar-refractivity contribution in [3.05, 3.63) is 24.3 Å². The summed E-state index contributed by atoms with van der Waals surface area (Å²) in [5, 5.41) is 0. The highest BCUT2D eigenvalue weighted by Gasteiger charge is 2.29. The summed E-state index contributed by atoms with van der Waals surface area (Å²) in [6, 6.07) is 5.36. The Morgan fingerprint density at radius 1 is 0.700 bits per heavy atom. The molecule has 0 saturated heterocycles. The SMILES string of the molecule is O=S(=O)(NC1CC1)c1ccc(S(=O)(=O)NC2CC2)cc1. The van der Waals surface area contributed by atoms with Crippen LogP contribution < -0.4 is 9.44 Å². The molecular formula is C12H16N2O4S2. The highest BCUT2D eigenvalue weighted by Crippen LogP contribution is 2.24. The van der Waals surface area contributed by atoms with Crippen LogP contribution in [0.4, 0.5) is 0 Å². The lowest BCUT2D eigenvalue weighted by Crippen LogP contribution is -2.27. The van der Waals surface area contributed by atoms with Gasteiger partial charge < -0.3 is 0 Å². The van der Waals surface area contributed by atoms with Gasteiger partial charge in [-0.3, -0.25) is 0 Å². The first kappa shape index (κ1) is 14.0. The number of rotatable bonds is 6. The minimum atomic E-state index is -3.54. The van der Waals surface area contributed by atoms with E-state index in [1.54, 1.807) is 0 Å². The first-order valence-electron chi connectivity index (χ1n) is 6.51. The second-order valence-corrected chi connectivity index (χ2v) is 8.69. The van der Waals surface area contributed by atoms with E-state index in [2.05, 4.69) is 9.44 Å². The van der Waals surface area contributed by atoms with Crippen LogP contribution in [-0.4, -0.2) is 28.9 Å². The second-order valence-electron chi connectivity index (χ2n) is 5.26. The van der Waals surface area contributed by atoms with Gasteiger partial charge in [-0.05, 0) is 49.9 Å². The van der Waals surface area contributed by atoms with Crippen LogP contribution in [0.5, 0.6) is 0 Å². The molecule has 1 aromatic rings. The molecule has 0 spiro atoms. The van der Waals surface area contributed by atoms with Gasteiger partial charge in [-0.2, -0.15) is 0 Å². The van der Waals surface area contributed by atoms with Crippen molar-refractivity contribution in [1.29, 1.82) is 0 Å². The van der Waals surface area contributed by atoms with Gasteiger partial charge in [0.15, 0.2) is 0 Å². The molecule has 2 aliphatic rings. The van der Waals surface area contributed by atoms with Crippen LogP contribution in [0.15, 0.2) is 34.1 Å². The smallest absolute Gasteiger partial charge is 0.208 e. The summed E-state index contributed by atoms with van der Waals surface area (Å²) in [7, 11) is -7.07. The number of sulfonamides is 2. The van der Waals surface area contributed by atoms with E-state index in [1.807, 2.05) is 0 Å². The quantitative estimate of drug-likeness (QED) is 0.802. The molecule has 2 aliphatic carbocycles. The summed E-state index contributed by atoms with van der Waals surface area (Å²) in [5.74, 6) is 0. The lowest BCUT2D eigenvalue weighted by Gasteiger charge is -2.08. The predicted molar refractivity (Wildman–Crippen MR) is 73.1 cm³/mol. The topological polar surface area (TPSA) is 92.3 Å². The number of nitrogens with one attached hydrogen (secondary N) is 2. The molecule has 8 heteroatoms. The molecule has 0 radical (unpaired) electrons. The van der Waals surface area contributed by atoms with E-state index in [0.717, 1.165) is 25.7 Å². The second kappa shape index (κ2) is 4.80. The number of hydrogen-bond acceptors (Lipinski definition) is 4. The molecule has 110 valence electrons. The molecule has 0 bridgehead atoms. The summed E-state index contributed by atoms with van der Waals surface area (Å²) >= 11 is 0. The van der Waals surface area contributed by atoms with E-state index >= 15 is 0 Å². The van der Waals surface area contributed by atoms with Gasteiger partial charge in [0, 0.05) is 12.1 Å². The average Bonchev–Trinajstić information content (AvgIpc) is 3.26. The molecule has 0 aliphatic heterocycles. The van der Waals surface area contributed by atoms with Crippen LogP contribution in [0.1, 0.15) is 25.7 Å². The van der Waals surface area contributed by atoms with E-state index in [1.165, 1.54) is 24.3 Å². The first-order chi connectivity index (χ1) is 9.37. The molecule has 0 amide bonds. The molecule has 6 nitrogen and oxygen atoms in total. The molecule has 1 aromatic carbocycles. The Balaban J connectivity index is 1.79. The summed E-state index contributed by atoms with van der Waals surface area (Å²) in [6.45, 7) is 0. The first-order valence-corrected chi connectivity index (χ1v) is 9.48. The third-order valence-electron chi connectivity index (χ3n) is 3.24. The van der Waals surface area contributed by atoms with E-state index < -0.39 is 20.0 Å². The zero-order chi connectivity index (χ0) is 14.4. The molecule has 3 rings (SSSR count). The molecule has 0 aromatic heterocycles. The Kier molecular flexibility index (Phi) is 3.36. The fraction of sp³-hybridized carbons (Fsp3) is 0.500. The van der Waals surface area contributed by atoms with Gasteiger partial charge in [0.25, 0.3) is 0 Å². The summed E-state index contributed by atoms with van der Waals surface area (Å²) in [4.78, 5) is 0.185. The van der Waals surface area contributed by atoms with Gasteiger partial charge in [-0.1, -0.05) is 0 Å². The van der Waals surface area contributed by atoms with E-state index in [4.69, 9.17) is 0 Å². The largest absolute Gasteiger partial charge is 0.240 e. The maximum absolute atomic E-state index is 12.0. The maximum atomic E-state index is 12.0. The van der Waals surface area contributed by atoms with Crippen molar-refractivity contribution in [3.8, 4) is 0 Å². The standard InChI is InChI=1S/C12H16N2O4S2/c15-19(16,13-9-1-2-9)11-5-7-12(8-6-11)20(17,18)14-10-3-4-10/h5-10,13-14H,1-4H2. The molecule has 20 heavy (non-hydrogen) atoms. The van der Waals surface area contributed by atoms with Crippen molar-refractivity contribution in [3.63, 3.8) is 0 Å². The molecule has 0 heterocycles. The normalized spacial score (nSPS) is 20.0. The van der Waals surface area contributed by atoms with Crippen LogP contribution in [0.3, 0.4) is 0 Å². The number of benzene rings is 1. The lowest BCUT2D eigenvalue weighted by atomic mass is 10.4. The van der Waals surface area contributed by atoms with Gasteiger partial charge in [-0.25, -0.2) is 26.3 Å². The van der Waals surface area contributed by atoms with Gasteiger partial charge in [0.05, 0.1) is 9.79 Å². The Bertz CT molecular complexity index is 639. The molecule has 2 N–H and O–H groups in total. The van der Waals surface area contributed by atoms with E-state index in [9.17, 15) is 16.8 Å². The summed E-state index contributed by atoms with van der Waals surface area (Å²) < 4.78 is 52.9. The molecule has 2 fully saturated rings. The van der Waals surface area contributed by atoms with Gasteiger partial charge in [0.2, 0.25) is 20.0 Å². The monoisotopic (exact) mass is 316 g/mol. The third-order valence-corrected chi connectivity index (χ3v) is 6.32. The van der Waals surface area contributed by atoms with Crippen molar-refractivity contribution in [2.75, 3.05) is 0 Å². The highest BCUT2D eigenvalue weighted by molar-refractivity contribution is 7.90. The Hall–Kier alpha value is -0.960. The summed E-state index contributed by atoms with van der Waals surface area (Å²) in [5.41, 5.74) is 0. The Morgan fingerprint density at radius 2 is 1.00 bits per heavy atom. The molecular weight excluding hydrogens is 300 g/mol. The Labute approximate surface area is 118 Å². The fourth-order valence-corrected chi connectivity index (χ4v) is 4.39. The van der Waals surface area contributed by atoms with Crippen LogP contribution in [0, 0.1) is 0 Å². The molecule has 0 unspecified atom stereocenters. The molecule has 0 atom stereocenters. The van der Waals surface area contributed by atoms with Crippen molar-refractivity contribution in [2.45, 2.75) is 47.6 Å². The minimum Gasteiger partial charge on any atom is -0.208 e. The average molecular weight is 316 g/mol. The van der Waals surface area contributed by atoms with Crippen molar-refractivity contribution in [2.24, 2.45) is 0 Å². The lowest BCUT2D eigenvalue weighted by molar-refractivity contribution is 0.577. The zero-order valence-corrected chi connectivity index (χ0v) is 12.4. The van der Waals surface area contributed by atoms with Crippen LogP contribution >= 0.6 is 0 Å². The fourth-order valence-electron chi connectivity index (χ4n) is 1.78. The van der Waals surface area contributed by atoms with Gasteiger partial charge in [-0.15, -0.1) is 0 Å². The summed E-state index contributed by atoms with van der Waals surface area (Å²) in [6.07, 6.45) is 3.43.